The lowest BCUT2D eigenvalue weighted by molar-refractivity contribution is -0.120. The molecule has 0 fully saturated rings. The van der Waals surface area contributed by atoms with Gasteiger partial charge in [-0.3, -0.25) is 4.79 Å². The first-order chi connectivity index (χ1) is 9.70. The molecule has 0 heterocycles. The summed E-state index contributed by atoms with van der Waals surface area (Å²) in [6.07, 6.45) is 0.369. The Morgan fingerprint density at radius 2 is 1.85 bits per heavy atom. The molecule has 104 valence electrons. The maximum absolute atomic E-state index is 11.9. The topological polar surface area (TPSA) is 35.5 Å². The minimum atomic E-state index is 0.0217. The summed E-state index contributed by atoms with van der Waals surface area (Å²) >= 11 is 3.39. The van der Waals surface area contributed by atoms with Gasteiger partial charge in [-0.05, 0) is 33.6 Å². The van der Waals surface area contributed by atoms with Crippen LogP contribution in [0.4, 0.5) is 0 Å². The molecule has 4 heteroatoms. The molecule has 0 saturated heterocycles. The summed E-state index contributed by atoms with van der Waals surface area (Å²) in [5.41, 5.74) is 0.986. The molecule has 0 unspecified atom stereocenters. The van der Waals surface area contributed by atoms with Crippen LogP contribution in [-0.2, 0) is 11.2 Å². The van der Waals surface area contributed by atoms with Gasteiger partial charge < -0.3 is 9.47 Å². The van der Waals surface area contributed by atoms with Gasteiger partial charge in [-0.1, -0.05) is 36.4 Å². The summed E-state index contributed by atoms with van der Waals surface area (Å²) in [4.78, 5) is 11.9. The van der Waals surface area contributed by atoms with Crippen LogP contribution in [0.25, 0.3) is 0 Å². The maximum Gasteiger partial charge on any atom is 0.175 e. The van der Waals surface area contributed by atoms with E-state index in [1.54, 1.807) is 13.2 Å². The molecule has 0 saturated carbocycles. The maximum atomic E-state index is 11.9. The van der Waals surface area contributed by atoms with Crippen molar-refractivity contribution in [3.63, 3.8) is 0 Å². The van der Waals surface area contributed by atoms with Gasteiger partial charge in [-0.15, -0.1) is 0 Å². The van der Waals surface area contributed by atoms with E-state index in [0.29, 0.717) is 17.9 Å². The van der Waals surface area contributed by atoms with Crippen molar-refractivity contribution in [2.24, 2.45) is 0 Å². The minimum Gasteiger partial charge on any atom is -0.493 e. The van der Waals surface area contributed by atoms with Crippen LogP contribution in [0.3, 0.4) is 0 Å². The van der Waals surface area contributed by atoms with Crippen LogP contribution >= 0.6 is 15.9 Å². The Morgan fingerprint density at radius 3 is 2.55 bits per heavy atom. The lowest BCUT2D eigenvalue weighted by atomic mass is 10.1. The number of benzene rings is 2. The van der Waals surface area contributed by atoms with E-state index in [1.165, 1.54) is 0 Å². The fourth-order valence-corrected chi connectivity index (χ4v) is 2.28. The number of ketones is 1. The number of ether oxygens (including phenoxy) is 2. The highest BCUT2D eigenvalue weighted by Crippen LogP contribution is 2.34. The highest BCUT2D eigenvalue weighted by atomic mass is 79.9. The predicted octanol–water partition coefficient (Wildman–Crippen LogP) is 3.65. The van der Waals surface area contributed by atoms with Crippen molar-refractivity contribution < 1.29 is 14.3 Å². The van der Waals surface area contributed by atoms with Crippen LogP contribution in [0.5, 0.6) is 11.5 Å². The SMILES string of the molecule is COc1cccc(Br)c1OCC(=O)Cc1ccccc1. The third kappa shape index (κ3) is 3.84. The van der Waals surface area contributed by atoms with Gasteiger partial charge >= 0.3 is 0 Å². The van der Waals surface area contributed by atoms with Crippen LogP contribution in [-0.4, -0.2) is 19.5 Å². The highest BCUT2D eigenvalue weighted by Gasteiger charge is 2.11. The van der Waals surface area contributed by atoms with E-state index in [0.717, 1.165) is 10.0 Å². The minimum absolute atomic E-state index is 0.0217. The summed E-state index contributed by atoms with van der Waals surface area (Å²) in [6.45, 7) is 0.0217. The third-order valence-electron chi connectivity index (χ3n) is 2.77. The van der Waals surface area contributed by atoms with E-state index in [2.05, 4.69) is 15.9 Å². The molecule has 0 aliphatic heterocycles. The Hall–Kier alpha value is -1.81. The zero-order chi connectivity index (χ0) is 14.4. The number of halogens is 1. The summed E-state index contributed by atoms with van der Waals surface area (Å²) in [6, 6.07) is 15.1. The molecule has 0 bridgehead atoms. The second-order valence-electron chi connectivity index (χ2n) is 4.26. The van der Waals surface area contributed by atoms with Gasteiger partial charge in [0.05, 0.1) is 11.6 Å². The van der Waals surface area contributed by atoms with Gasteiger partial charge in [-0.2, -0.15) is 0 Å². The van der Waals surface area contributed by atoms with Gasteiger partial charge in [0.25, 0.3) is 0 Å². The summed E-state index contributed by atoms with van der Waals surface area (Å²) in [5, 5.41) is 0. The molecule has 0 radical (unpaired) electrons. The van der Waals surface area contributed by atoms with Gasteiger partial charge in [0.2, 0.25) is 0 Å². The number of carbonyl (C=O) groups is 1. The molecule has 0 spiro atoms. The molecule has 2 aromatic rings. The van der Waals surface area contributed by atoms with E-state index in [1.807, 2.05) is 42.5 Å². The molecule has 0 aliphatic carbocycles. The molecule has 0 aromatic heterocycles. The smallest absolute Gasteiger partial charge is 0.175 e. The Labute approximate surface area is 126 Å². The number of Topliss-reactive ketones (excluding diaryl/α,β-unsaturated/α-hetero) is 1. The van der Waals surface area contributed by atoms with Crippen molar-refractivity contribution in [3.05, 3.63) is 58.6 Å². The van der Waals surface area contributed by atoms with Crippen molar-refractivity contribution in [1.82, 2.24) is 0 Å². The van der Waals surface area contributed by atoms with Crippen LogP contribution in [0.2, 0.25) is 0 Å². The number of rotatable bonds is 6. The third-order valence-corrected chi connectivity index (χ3v) is 3.40. The second-order valence-corrected chi connectivity index (χ2v) is 5.12. The summed E-state index contributed by atoms with van der Waals surface area (Å²) in [5.74, 6) is 1.18. The average molecular weight is 335 g/mol. The molecular formula is C16H15BrO3. The molecular weight excluding hydrogens is 320 g/mol. The normalized spacial score (nSPS) is 10.1. The molecule has 20 heavy (non-hydrogen) atoms. The number of hydrogen-bond donors (Lipinski definition) is 0. The molecule has 0 aliphatic rings. The quantitative estimate of drug-likeness (QED) is 0.808. The van der Waals surface area contributed by atoms with Crippen LogP contribution in [0.1, 0.15) is 5.56 Å². The van der Waals surface area contributed by atoms with E-state index < -0.39 is 0 Å². The zero-order valence-corrected chi connectivity index (χ0v) is 12.7. The van der Waals surface area contributed by atoms with E-state index >= 15 is 0 Å². The number of carbonyl (C=O) groups excluding carboxylic acids is 1. The van der Waals surface area contributed by atoms with Crippen LogP contribution < -0.4 is 9.47 Å². The monoisotopic (exact) mass is 334 g/mol. The lowest BCUT2D eigenvalue weighted by Gasteiger charge is -2.11. The Kier molecular flexibility index (Phi) is 5.18. The van der Waals surface area contributed by atoms with Crippen molar-refractivity contribution in [1.29, 1.82) is 0 Å². The van der Waals surface area contributed by atoms with Crippen molar-refractivity contribution in [2.45, 2.75) is 6.42 Å². The average Bonchev–Trinajstić information content (AvgIpc) is 2.46. The predicted molar refractivity (Wildman–Crippen MR) is 81.3 cm³/mol. The molecule has 0 amide bonds. The number of methoxy groups -OCH3 is 1. The molecule has 3 nitrogen and oxygen atoms in total. The van der Waals surface area contributed by atoms with Crippen molar-refractivity contribution in [3.8, 4) is 11.5 Å². The number of para-hydroxylation sites is 1. The second kappa shape index (κ2) is 7.10. The molecule has 0 N–H and O–H groups in total. The van der Waals surface area contributed by atoms with Gasteiger partial charge in [-0.25, -0.2) is 0 Å². The largest absolute Gasteiger partial charge is 0.493 e. The van der Waals surface area contributed by atoms with Crippen molar-refractivity contribution >= 4 is 21.7 Å². The van der Waals surface area contributed by atoms with Crippen molar-refractivity contribution in [2.75, 3.05) is 13.7 Å². The van der Waals surface area contributed by atoms with Gasteiger partial charge in [0.1, 0.15) is 6.61 Å². The number of hydrogen-bond acceptors (Lipinski definition) is 3. The van der Waals surface area contributed by atoms with Crippen LogP contribution in [0.15, 0.2) is 53.0 Å². The highest BCUT2D eigenvalue weighted by molar-refractivity contribution is 9.10. The Balaban J connectivity index is 1.97. The lowest BCUT2D eigenvalue weighted by Crippen LogP contribution is -2.14. The standard InChI is InChI=1S/C16H15BrO3/c1-19-15-9-5-8-14(17)16(15)20-11-13(18)10-12-6-3-2-4-7-12/h2-9H,10-11H2,1H3. The van der Waals surface area contributed by atoms with E-state index in [-0.39, 0.29) is 12.4 Å². The molecule has 2 aromatic carbocycles. The zero-order valence-electron chi connectivity index (χ0n) is 11.1. The first-order valence-electron chi connectivity index (χ1n) is 6.21. The Bertz CT molecular complexity index is 582. The summed E-state index contributed by atoms with van der Waals surface area (Å²) in [7, 11) is 1.57. The molecule has 0 atom stereocenters. The molecule has 2 rings (SSSR count). The van der Waals surface area contributed by atoms with E-state index in [9.17, 15) is 4.79 Å². The fourth-order valence-electron chi connectivity index (χ4n) is 1.82. The Morgan fingerprint density at radius 1 is 1.10 bits per heavy atom. The van der Waals surface area contributed by atoms with Gasteiger partial charge in [0, 0.05) is 6.42 Å². The fraction of sp³-hybridized carbons (Fsp3) is 0.188. The first-order valence-corrected chi connectivity index (χ1v) is 7.01. The van der Waals surface area contributed by atoms with Crippen LogP contribution in [0, 0.1) is 0 Å². The first kappa shape index (κ1) is 14.6. The van der Waals surface area contributed by atoms with Gasteiger partial charge in [0.15, 0.2) is 17.3 Å². The van der Waals surface area contributed by atoms with E-state index in [4.69, 9.17) is 9.47 Å². The summed E-state index contributed by atoms with van der Waals surface area (Å²) < 4.78 is 11.5.